The summed E-state index contributed by atoms with van der Waals surface area (Å²) >= 11 is 0. The number of guanidine groups is 1. The molecule has 28 heavy (non-hydrogen) atoms. The molecule has 0 aliphatic heterocycles. The highest BCUT2D eigenvalue weighted by Gasteiger charge is 2.07. The Labute approximate surface area is 169 Å². The predicted molar refractivity (Wildman–Crippen MR) is 117 cm³/mol. The SMILES string of the molecule is CCNC(=NCc1ccc(C)cc1OC(C)C)NCc1cccc(N(C)C)n1. The van der Waals surface area contributed by atoms with Crippen molar-refractivity contribution in [1.29, 1.82) is 0 Å². The maximum atomic E-state index is 5.96. The summed E-state index contributed by atoms with van der Waals surface area (Å²) in [7, 11) is 3.98. The first-order valence-electron chi connectivity index (χ1n) is 9.80. The number of ether oxygens (including phenoxy) is 1. The van der Waals surface area contributed by atoms with Crippen LogP contribution in [0.25, 0.3) is 0 Å². The van der Waals surface area contributed by atoms with Gasteiger partial charge in [-0.25, -0.2) is 9.98 Å². The number of pyridine rings is 1. The minimum absolute atomic E-state index is 0.130. The van der Waals surface area contributed by atoms with Crippen molar-refractivity contribution in [2.75, 3.05) is 25.5 Å². The zero-order valence-corrected chi connectivity index (χ0v) is 17.9. The summed E-state index contributed by atoms with van der Waals surface area (Å²) in [5.74, 6) is 2.60. The summed E-state index contributed by atoms with van der Waals surface area (Å²) in [6.45, 7) is 10.1. The van der Waals surface area contributed by atoms with E-state index in [2.05, 4.69) is 47.7 Å². The highest BCUT2D eigenvalue weighted by atomic mass is 16.5. The van der Waals surface area contributed by atoms with E-state index in [1.54, 1.807) is 0 Å². The molecule has 1 aromatic carbocycles. The molecule has 6 nitrogen and oxygen atoms in total. The van der Waals surface area contributed by atoms with Gasteiger partial charge in [0.2, 0.25) is 0 Å². The zero-order valence-electron chi connectivity index (χ0n) is 17.9. The van der Waals surface area contributed by atoms with E-state index in [4.69, 9.17) is 9.73 Å². The number of anilines is 1. The number of rotatable bonds is 8. The molecule has 0 aliphatic rings. The van der Waals surface area contributed by atoms with Gasteiger partial charge in [-0.05, 0) is 51.5 Å². The van der Waals surface area contributed by atoms with Crippen molar-refractivity contribution in [3.05, 3.63) is 53.2 Å². The molecule has 0 radical (unpaired) electrons. The number of benzene rings is 1. The molecule has 1 heterocycles. The van der Waals surface area contributed by atoms with Crippen LogP contribution in [-0.4, -0.2) is 37.7 Å². The van der Waals surface area contributed by atoms with Gasteiger partial charge < -0.3 is 20.3 Å². The number of nitrogens with one attached hydrogen (secondary N) is 2. The van der Waals surface area contributed by atoms with Gasteiger partial charge in [0.05, 0.1) is 24.9 Å². The zero-order chi connectivity index (χ0) is 20.5. The van der Waals surface area contributed by atoms with Gasteiger partial charge in [-0.3, -0.25) is 0 Å². The molecular formula is C22H33N5O. The maximum Gasteiger partial charge on any atom is 0.191 e. The van der Waals surface area contributed by atoms with Crippen molar-refractivity contribution in [1.82, 2.24) is 15.6 Å². The van der Waals surface area contributed by atoms with Crippen molar-refractivity contribution in [3.8, 4) is 5.75 Å². The summed E-state index contributed by atoms with van der Waals surface area (Å²) in [6, 6.07) is 12.3. The first kappa shape index (κ1) is 21.5. The van der Waals surface area contributed by atoms with Gasteiger partial charge in [0.15, 0.2) is 5.96 Å². The van der Waals surface area contributed by atoms with Gasteiger partial charge in [-0.1, -0.05) is 18.2 Å². The fourth-order valence-electron chi connectivity index (χ4n) is 2.65. The van der Waals surface area contributed by atoms with E-state index in [-0.39, 0.29) is 6.10 Å². The monoisotopic (exact) mass is 383 g/mol. The van der Waals surface area contributed by atoms with E-state index in [9.17, 15) is 0 Å². The highest BCUT2D eigenvalue weighted by molar-refractivity contribution is 5.79. The lowest BCUT2D eigenvalue weighted by Gasteiger charge is -2.16. The molecule has 0 aliphatic carbocycles. The van der Waals surface area contributed by atoms with E-state index < -0.39 is 0 Å². The predicted octanol–water partition coefficient (Wildman–Crippen LogP) is 3.50. The average molecular weight is 384 g/mol. The molecule has 0 spiro atoms. The molecule has 0 amide bonds. The molecule has 0 bridgehead atoms. The fourth-order valence-corrected chi connectivity index (χ4v) is 2.65. The summed E-state index contributed by atoms with van der Waals surface area (Å²) in [5, 5.41) is 6.65. The summed E-state index contributed by atoms with van der Waals surface area (Å²) in [5.41, 5.74) is 3.22. The van der Waals surface area contributed by atoms with Crippen molar-refractivity contribution in [2.45, 2.75) is 46.9 Å². The number of aryl methyl sites for hydroxylation is 1. The van der Waals surface area contributed by atoms with Crippen LogP contribution in [0.4, 0.5) is 5.82 Å². The topological polar surface area (TPSA) is 61.8 Å². The van der Waals surface area contributed by atoms with Gasteiger partial charge in [0.1, 0.15) is 11.6 Å². The molecule has 1 aromatic heterocycles. The number of aliphatic imine (C=N–C) groups is 1. The van der Waals surface area contributed by atoms with Gasteiger partial charge in [-0.2, -0.15) is 0 Å². The average Bonchev–Trinajstić information content (AvgIpc) is 2.65. The van der Waals surface area contributed by atoms with E-state index in [1.807, 2.05) is 51.0 Å². The quantitative estimate of drug-likeness (QED) is 0.540. The molecule has 2 aromatic rings. The maximum absolute atomic E-state index is 5.96. The number of nitrogens with zero attached hydrogens (tertiary/aromatic N) is 3. The standard InChI is InChI=1S/C22H33N5O/c1-7-23-22(25-15-19-9-8-10-21(26-19)27(5)6)24-14-18-12-11-17(4)13-20(18)28-16(2)3/h8-13,16H,7,14-15H2,1-6H3,(H2,23,24,25). The largest absolute Gasteiger partial charge is 0.491 e. The lowest BCUT2D eigenvalue weighted by atomic mass is 10.1. The minimum atomic E-state index is 0.130. The molecule has 0 unspecified atom stereocenters. The Morgan fingerprint density at radius 1 is 1.18 bits per heavy atom. The van der Waals surface area contributed by atoms with Crippen LogP contribution >= 0.6 is 0 Å². The van der Waals surface area contributed by atoms with Crippen molar-refractivity contribution >= 4 is 11.8 Å². The highest BCUT2D eigenvalue weighted by Crippen LogP contribution is 2.22. The first-order valence-corrected chi connectivity index (χ1v) is 9.80. The van der Waals surface area contributed by atoms with Crippen LogP contribution in [0.1, 0.15) is 37.6 Å². The van der Waals surface area contributed by atoms with Crippen molar-refractivity contribution in [2.24, 2.45) is 4.99 Å². The molecule has 2 N–H and O–H groups in total. The van der Waals surface area contributed by atoms with E-state index >= 15 is 0 Å². The van der Waals surface area contributed by atoms with Crippen molar-refractivity contribution < 1.29 is 4.74 Å². The molecule has 0 saturated carbocycles. The van der Waals surface area contributed by atoms with Crippen LogP contribution in [0, 0.1) is 6.92 Å². The number of hydrogen-bond acceptors (Lipinski definition) is 4. The molecule has 0 atom stereocenters. The van der Waals surface area contributed by atoms with E-state index in [0.717, 1.165) is 35.3 Å². The second-order valence-corrected chi connectivity index (χ2v) is 7.21. The molecule has 2 rings (SSSR count). The van der Waals surface area contributed by atoms with Crippen LogP contribution in [0.3, 0.4) is 0 Å². The Hall–Kier alpha value is -2.76. The fraction of sp³-hybridized carbons (Fsp3) is 0.455. The van der Waals surface area contributed by atoms with Crippen molar-refractivity contribution in [3.63, 3.8) is 0 Å². The van der Waals surface area contributed by atoms with Crippen LogP contribution in [0.2, 0.25) is 0 Å². The van der Waals surface area contributed by atoms with E-state index in [0.29, 0.717) is 13.1 Å². The minimum Gasteiger partial charge on any atom is -0.491 e. The van der Waals surface area contributed by atoms with Gasteiger partial charge in [-0.15, -0.1) is 0 Å². The third-order valence-electron chi connectivity index (χ3n) is 4.02. The molecule has 6 heteroatoms. The lowest BCUT2D eigenvalue weighted by molar-refractivity contribution is 0.240. The third-order valence-corrected chi connectivity index (χ3v) is 4.02. The Balaban J connectivity index is 2.09. The second kappa shape index (κ2) is 10.5. The normalized spacial score (nSPS) is 11.5. The van der Waals surface area contributed by atoms with Gasteiger partial charge in [0.25, 0.3) is 0 Å². The second-order valence-electron chi connectivity index (χ2n) is 7.21. The molecule has 0 fully saturated rings. The lowest BCUT2D eigenvalue weighted by Crippen LogP contribution is -2.37. The van der Waals surface area contributed by atoms with Gasteiger partial charge in [0, 0.05) is 26.2 Å². The van der Waals surface area contributed by atoms with Crippen LogP contribution in [0.5, 0.6) is 5.75 Å². The summed E-state index contributed by atoms with van der Waals surface area (Å²) < 4.78 is 5.96. The van der Waals surface area contributed by atoms with Crippen LogP contribution in [0.15, 0.2) is 41.4 Å². The smallest absolute Gasteiger partial charge is 0.191 e. The first-order chi connectivity index (χ1) is 13.4. The Bertz CT molecular complexity index is 786. The van der Waals surface area contributed by atoms with Crippen LogP contribution < -0.4 is 20.3 Å². The Morgan fingerprint density at radius 3 is 2.64 bits per heavy atom. The Morgan fingerprint density at radius 2 is 1.96 bits per heavy atom. The summed E-state index contributed by atoms with van der Waals surface area (Å²) in [6.07, 6.45) is 0.130. The molecule has 0 saturated heterocycles. The van der Waals surface area contributed by atoms with Gasteiger partial charge >= 0.3 is 0 Å². The molecular weight excluding hydrogens is 350 g/mol. The van der Waals surface area contributed by atoms with E-state index in [1.165, 1.54) is 5.56 Å². The van der Waals surface area contributed by atoms with Crippen LogP contribution in [-0.2, 0) is 13.1 Å². The molecule has 152 valence electrons. The third kappa shape index (κ3) is 6.76. The number of hydrogen-bond donors (Lipinski definition) is 2. The summed E-state index contributed by atoms with van der Waals surface area (Å²) in [4.78, 5) is 11.4. The Kier molecular flexibility index (Phi) is 8.11. The number of aromatic nitrogens is 1.